The fourth-order valence-electron chi connectivity index (χ4n) is 1.42. The summed E-state index contributed by atoms with van der Waals surface area (Å²) in [6.45, 7) is 6.58. The Labute approximate surface area is 104 Å². The van der Waals surface area contributed by atoms with Crippen molar-refractivity contribution in [2.75, 3.05) is 13.2 Å². The predicted molar refractivity (Wildman–Crippen MR) is 69.3 cm³/mol. The zero-order valence-electron chi connectivity index (χ0n) is 9.24. The van der Waals surface area contributed by atoms with Crippen LogP contribution in [-0.2, 0) is 6.54 Å². The minimum atomic E-state index is 0.273. The molecule has 1 heterocycles. The van der Waals surface area contributed by atoms with E-state index in [1.807, 2.05) is 0 Å². The van der Waals surface area contributed by atoms with E-state index in [1.54, 1.807) is 11.3 Å². The molecule has 1 aromatic heterocycles. The minimum absolute atomic E-state index is 0.273. The number of hydrogen-bond donors (Lipinski definition) is 1. The molecule has 0 saturated heterocycles. The molecule has 0 aliphatic carbocycles. The van der Waals surface area contributed by atoms with Crippen LogP contribution in [-0.4, -0.2) is 29.2 Å². The van der Waals surface area contributed by atoms with Crippen LogP contribution in [0.3, 0.4) is 0 Å². The first-order valence-electron chi connectivity index (χ1n) is 5.22. The summed E-state index contributed by atoms with van der Waals surface area (Å²) in [5.41, 5.74) is 0. The molecule has 0 atom stereocenters. The molecule has 0 bridgehead atoms. The first-order valence-corrected chi connectivity index (χ1v) is 6.89. The molecule has 4 heteroatoms. The molecule has 0 aromatic carbocycles. The van der Waals surface area contributed by atoms with Crippen LogP contribution in [0.2, 0.25) is 0 Å². The minimum Gasteiger partial charge on any atom is -0.396 e. The molecular weight excluding hydrogens is 274 g/mol. The van der Waals surface area contributed by atoms with Crippen molar-refractivity contribution in [3.8, 4) is 0 Å². The second-order valence-corrected chi connectivity index (χ2v) is 5.69. The van der Waals surface area contributed by atoms with Crippen LogP contribution in [0.25, 0.3) is 0 Å². The van der Waals surface area contributed by atoms with Gasteiger partial charge in [-0.2, -0.15) is 0 Å². The van der Waals surface area contributed by atoms with Crippen molar-refractivity contribution in [3.05, 3.63) is 20.8 Å². The van der Waals surface area contributed by atoms with E-state index in [-0.39, 0.29) is 6.61 Å². The van der Waals surface area contributed by atoms with Gasteiger partial charge in [0.15, 0.2) is 0 Å². The molecule has 15 heavy (non-hydrogen) atoms. The Morgan fingerprint density at radius 2 is 2.27 bits per heavy atom. The average molecular weight is 292 g/mol. The van der Waals surface area contributed by atoms with E-state index in [2.05, 4.69) is 46.1 Å². The van der Waals surface area contributed by atoms with Crippen LogP contribution in [0.4, 0.5) is 0 Å². The van der Waals surface area contributed by atoms with Gasteiger partial charge < -0.3 is 5.11 Å². The van der Waals surface area contributed by atoms with Crippen LogP contribution < -0.4 is 0 Å². The van der Waals surface area contributed by atoms with Crippen LogP contribution in [0.1, 0.15) is 25.1 Å². The van der Waals surface area contributed by atoms with Crippen LogP contribution >= 0.6 is 27.3 Å². The summed E-state index contributed by atoms with van der Waals surface area (Å²) in [5, 5.41) is 10.9. The Morgan fingerprint density at radius 3 is 2.73 bits per heavy atom. The second kappa shape index (κ2) is 6.63. The summed E-state index contributed by atoms with van der Waals surface area (Å²) in [7, 11) is 0. The van der Waals surface area contributed by atoms with E-state index in [1.165, 1.54) is 9.35 Å². The fraction of sp³-hybridized carbons (Fsp3) is 0.636. The van der Waals surface area contributed by atoms with Gasteiger partial charge in [-0.25, -0.2) is 0 Å². The summed E-state index contributed by atoms with van der Waals surface area (Å²) in [6, 6.07) is 2.61. The summed E-state index contributed by atoms with van der Waals surface area (Å²) in [6.07, 6.45) is 0.848. The molecule has 2 nitrogen and oxygen atoms in total. The van der Waals surface area contributed by atoms with E-state index < -0.39 is 0 Å². The Morgan fingerprint density at radius 1 is 1.53 bits per heavy atom. The molecule has 1 N–H and O–H groups in total. The summed E-state index contributed by atoms with van der Waals surface area (Å²) in [4.78, 5) is 3.74. The van der Waals surface area contributed by atoms with Crippen molar-refractivity contribution in [2.24, 2.45) is 0 Å². The van der Waals surface area contributed by atoms with Gasteiger partial charge in [-0.05, 0) is 47.6 Å². The number of rotatable bonds is 6. The number of aliphatic hydroxyl groups excluding tert-OH is 1. The highest BCUT2D eigenvalue weighted by molar-refractivity contribution is 9.10. The maximum absolute atomic E-state index is 8.84. The average Bonchev–Trinajstić information content (AvgIpc) is 2.58. The predicted octanol–water partition coefficient (Wildman–Crippen LogP) is 3.10. The highest BCUT2D eigenvalue weighted by Crippen LogP contribution is 2.24. The molecule has 86 valence electrons. The van der Waals surface area contributed by atoms with Gasteiger partial charge in [0, 0.05) is 35.1 Å². The molecule has 1 rings (SSSR count). The molecule has 0 spiro atoms. The lowest BCUT2D eigenvalue weighted by Crippen LogP contribution is -2.31. The number of halogens is 1. The van der Waals surface area contributed by atoms with Crippen molar-refractivity contribution in [1.29, 1.82) is 0 Å². The van der Waals surface area contributed by atoms with E-state index >= 15 is 0 Å². The summed E-state index contributed by atoms with van der Waals surface area (Å²) in [5.74, 6) is 0. The number of aliphatic hydroxyl groups is 1. The first-order chi connectivity index (χ1) is 7.15. The van der Waals surface area contributed by atoms with E-state index in [0.29, 0.717) is 6.04 Å². The summed E-state index contributed by atoms with van der Waals surface area (Å²) >= 11 is 5.32. The lowest BCUT2D eigenvalue weighted by atomic mass is 10.2. The number of hydrogen-bond acceptors (Lipinski definition) is 3. The SMILES string of the molecule is CC(C)N(CCCO)Cc1sccc1Br. The van der Waals surface area contributed by atoms with E-state index in [0.717, 1.165) is 19.5 Å². The van der Waals surface area contributed by atoms with Crippen molar-refractivity contribution in [3.63, 3.8) is 0 Å². The van der Waals surface area contributed by atoms with Gasteiger partial charge in [0.1, 0.15) is 0 Å². The Bertz CT molecular complexity index is 288. The van der Waals surface area contributed by atoms with Gasteiger partial charge >= 0.3 is 0 Å². The molecule has 0 aliphatic heterocycles. The number of nitrogens with zero attached hydrogens (tertiary/aromatic N) is 1. The lowest BCUT2D eigenvalue weighted by molar-refractivity contribution is 0.186. The Hall–Kier alpha value is 0.100. The maximum Gasteiger partial charge on any atom is 0.0443 e. The van der Waals surface area contributed by atoms with Gasteiger partial charge in [0.2, 0.25) is 0 Å². The largest absolute Gasteiger partial charge is 0.396 e. The van der Waals surface area contributed by atoms with E-state index in [9.17, 15) is 0 Å². The third-order valence-electron chi connectivity index (χ3n) is 2.37. The molecular formula is C11H18BrNOS. The van der Waals surface area contributed by atoms with Gasteiger partial charge in [0.05, 0.1) is 0 Å². The molecule has 0 radical (unpaired) electrons. The molecule has 0 fully saturated rings. The fourth-order valence-corrected chi connectivity index (χ4v) is 2.92. The zero-order valence-corrected chi connectivity index (χ0v) is 11.6. The standard InChI is InChI=1S/C11H18BrNOS/c1-9(2)13(5-3-6-14)8-11-10(12)4-7-15-11/h4,7,9,14H,3,5-6,8H2,1-2H3. The second-order valence-electron chi connectivity index (χ2n) is 3.83. The molecule has 0 saturated carbocycles. The first kappa shape index (κ1) is 13.2. The number of thiophene rings is 1. The highest BCUT2D eigenvalue weighted by Gasteiger charge is 2.12. The maximum atomic E-state index is 8.84. The molecule has 1 aromatic rings. The molecule has 0 amide bonds. The van der Waals surface area contributed by atoms with Gasteiger partial charge in [-0.3, -0.25) is 4.90 Å². The third kappa shape index (κ3) is 4.23. The van der Waals surface area contributed by atoms with Gasteiger partial charge in [0.25, 0.3) is 0 Å². The van der Waals surface area contributed by atoms with Crippen LogP contribution in [0.5, 0.6) is 0 Å². The normalized spacial score (nSPS) is 11.6. The summed E-state index contributed by atoms with van der Waals surface area (Å²) < 4.78 is 1.20. The Kier molecular flexibility index (Phi) is 5.82. The monoisotopic (exact) mass is 291 g/mol. The van der Waals surface area contributed by atoms with Crippen molar-refractivity contribution < 1.29 is 5.11 Å². The molecule has 0 unspecified atom stereocenters. The molecule has 0 aliphatic rings. The van der Waals surface area contributed by atoms with Crippen LogP contribution in [0.15, 0.2) is 15.9 Å². The van der Waals surface area contributed by atoms with Crippen molar-refractivity contribution >= 4 is 27.3 Å². The van der Waals surface area contributed by atoms with Gasteiger partial charge in [-0.15, -0.1) is 11.3 Å². The van der Waals surface area contributed by atoms with Crippen molar-refractivity contribution in [2.45, 2.75) is 32.9 Å². The zero-order chi connectivity index (χ0) is 11.3. The Balaban J connectivity index is 2.54. The highest BCUT2D eigenvalue weighted by atomic mass is 79.9. The van der Waals surface area contributed by atoms with Crippen molar-refractivity contribution in [1.82, 2.24) is 4.90 Å². The van der Waals surface area contributed by atoms with Gasteiger partial charge in [-0.1, -0.05) is 0 Å². The quantitative estimate of drug-likeness (QED) is 0.871. The topological polar surface area (TPSA) is 23.5 Å². The smallest absolute Gasteiger partial charge is 0.0443 e. The van der Waals surface area contributed by atoms with Crippen LogP contribution in [0, 0.1) is 0 Å². The lowest BCUT2D eigenvalue weighted by Gasteiger charge is -2.25. The van der Waals surface area contributed by atoms with E-state index in [4.69, 9.17) is 5.11 Å². The third-order valence-corrected chi connectivity index (χ3v) is 4.28.